The van der Waals surface area contributed by atoms with Crippen LogP contribution in [0, 0.1) is 20.2 Å². The molecule has 3 aromatic carbocycles. The molecule has 0 spiro atoms. The maximum absolute atomic E-state index is 11.6. The Balaban J connectivity index is 1.14. The maximum Gasteiger partial charge on any atom is 0.281 e. The van der Waals surface area contributed by atoms with E-state index in [2.05, 4.69) is 44.2 Å². The number of imidazole rings is 2. The minimum absolute atomic E-state index is 0.0164. The third-order valence-corrected chi connectivity index (χ3v) is 7.73. The van der Waals surface area contributed by atoms with Gasteiger partial charge in [-0.15, -0.1) is 0 Å². The van der Waals surface area contributed by atoms with Gasteiger partial charge in [0.2, 0.25) is 0 Å². The minimum atomic E-state index is -0.806. The number of nitrogens with zero attached hydrogens (tertiary/aromatic N) is 10. The monoisotopic (exact) mass is 592 g/mol. The number of rotatable bonds is 7. The Morgan fingerprint density at radius 3 is 1.93 bits per heavy atom. The van der Waals surface area contributed by atoms with E-state index >= 15 is 0 Å². The first-order chi connectivity index (χ1) is 21.3. The van der Waals surface area contributed by atoms with Gasteiger partial charge >= 0.3 is 0 Å². The third-order valence-electron chi connectivity index (χ3n) is 7.73. The van der Waals surface area contributed by atoms with Gasteiger partial charge in [0.25, 0.3) is 11.4 Å². The summed E-state index contributed by atoms with van der Waals surface area (Å²) in [5, 5.41) is 25.0. The van der Waals surface area contributed by atoms with E-state index in [9.17, 15) is 20.2 Å². The molecule has 4 heterocycles. The second-order valence-electron chi connectivity index (χ2n) is 10.3. The highest BCUT2D eigenvalue weighted by atomic mass is 16.6. The quantitative estimate of drug-likeness (QED) is 0.207. The zero-order valence-corrected chi connectivity index (χ0v) is 22.9. The summed E-state index contributed by atoms with van der Waals surface area (Å²) < 4.78 is 3.32. The summed E-state index contributed by atoms with van der Waals surface area (Å²) in [5.41, 5.74) is 14.7. The molecule has 2 unspecified atom stereocenters. The molecule has 0 fully saturated rings. The summed E-state index contributed by atoms with van der Waals surface area (Å²) in [6.07, 6.45) is 4.91. The van der Waals surface area contributed by atoms with Gasteiger partial charge in [0.1, 0.15) is 36.4 Å². The Bertz CT molecular complexity index is 2010. The number of non-ortho nitro benzene ring substituents is 1. The molecule has 16 nitrogen and oxygen atoms in total. The molecular formula is C28H24N12O4. The summed E-state index contributed by atoms with van der Waals surface area (Å²) in [7, 11) is 0. The maximum atomic E-state index is 11.6. The van der Waals surface area contributed by atoms with E-state index in [-0.39, 0.29) is 23.5 Å². The molecule has 7 rings (SSSR count). The predicted molar refractivity (Wildman–Crippen MR) is 160 cm³/mol. The highest BCUT2D eigenvalue weighted by Gasteiger charge is 2.31. The van der Waals surface area contributed by atoms with Crippen molar-refractivity contribution in [3.63, 3.8) is 0 Å². The lowest BCUT2D eigenvalue weighted by Crippen LogP contribution is -2.36. The fourth-order valence-corrected chi connectivity index (χ4v) is 5.46. The number of fused-ring (bicyclic) bond motifs is 3. The van der Waals surface area contributed by atoms with Crippen molar-refractivity contribution in [1.82, 2.24) is 29.1 Å². The zero-order valence-electron chi connectivity index (χ0n) is 22.9. The topological polar surface area (TPSA) is 205 Å². The van der Waals surface area contributed by atoms with Gasteiger partial charge in [-0.25, -0.2) is 29.3 Å². The lowest BCUT2D eigenvalue weighted by molar-refractivity contribution is -0.394. The van der Waals surface area contributed by atoms with Crippen molar-refractivity contribution >= 4 is 46.5 Å². The number of benzene rings is 3. The van der Waals surface area contributed by atoms with E-state index in [1.807, 2.05) is 23.1 Å². The lowest BCUT2D eigenvalue weighted by Gasteiger charge is -2.30. The first-order valence-electron chi connectivity index (χ1n) is 13.4. The van der Waals surface area contributed by atoms with Crippen LogP contribution in [0.2, 0.25) is 0 Å². The molecule has 0 aliphatic carbocycles. The van der Waals surface area contributed by atoms with Gasteiger partial charge in [0.15, 0.2) is 11.6 Å². The fourth-order valence-electron chi connectivity index (χ4n) is 5.46. The van der Waals surface area contributed by atoms with E-state index in [1.165, 1.54) is 24.8 Å². The van der Waals surface area contributed by atoms with E-state index in [4.69, 9.17) is 11.5 Å². The van der Waals surface area contributed by atoms with Crippen molar-refractivity contribution in [2.24, 2.45) is 21.5 Å². The highest BCUT2D eigenvalue weighted by Crippen LogP contribution is 2.36. The predicted octanol–water partition coefficient (Wildman–Crippen LogP) is 3.63. The number of aliphatic imine (C=N–C) groups is 2. The number of nitro groups is 2. The van der Waals surface area contributed by atoms with Crippen molar-refractivity contribution in [1.29, 1.82) is 0 Å². The van der Waals surface area contributed by atoms with Gasteiger partial charge in [0, 0.05) is 18.2 Å². The van der Waals surface area contributed by atoms with Crippen molar-refractivity contribution < 1.29 is 9.85 Å². The highest BCUT2D eigenvalue weighted by molar-refractivity contribution is 5.86. The molecule has 5 aromatic rings. The van der Waals surface area contributed by atoms with Crippen molar-refractivity contribution in [2.45, 2.75) is 25.4 Å². The van der Waals surface area contributed by atoms with E-state index in [1.54, 1.807) is 26.9 Å². The smallest absolute Gasteiger partial charge is 0.281 e. The van der Waals surface area contributed by atoms with Gasteiger partial charge in [-0.3, -0.25) is 20.2 Å². The average molecular weight is 593 g/mol. The number of aromatic nitrogens is 4. The summed E-state index contributed by atoms with van der Waals surface area (Å²) in [4.78, 5) is 43.1. The van der Waals surface area contributed by atoms with E-state index < -0.39 is 22.2 Å². The Kier molecular flexibility index (Phi) is 6.33. The Hall–Kier alpha value is -6.00. The molecule has 0 bridgehead atoms. The summed E-state index contributed by atoms with van der Waals surface area (Å²) in [6.45, 7) is 0.526. The molecule has 0 radical (unpaired) electrons. The molecule has 44 heavy (non-hydrogen) atoms. The van der Waals surface area contributed by atoms with Gasteiger partial charge in [-0.1, -0.05) is 42.5 Å². The first-order valence-corrected chi connectivity index (χ1v) is 13.4. The van der Waals surface area contributed by atoms with E-state index in [0.717, 1.165) is 22.4 Å². The van der Waals surface area contributed by atoms with Crippen LogP contribution in [0.5, 0.6) is 0 Å². The Labute approximate surface area is 248 Å². The lowest BCUT2D eigenvalue weighted by atomic mass is 10.0. The van der Waals surface area contributed by atoms with Crippen molar-refractivity contribution in [2.75, 3.05) is 0 Å². The minimum Gasteiger partial charge on any atom is -0.337 e. The molecule has 2 aliphatic rings. The molecule has 220 valence electrons. The fraction of sp³-hybridized carbons (Fsp3) is 0.143. The van der Waals surface area contributed by atoms with Crippen LogP contribution in [0.1, 0.15) is 34.8 Å². The molecule has 16 heteroatoms. The number of nitro benzene ring substituents is 2. The van der Waals surface area contributed by atoms with Crippen LogP contribution in [0.3, 0.4) is 0 Å². The zero-order chi connectivity index (χ0) is 30.5. The molecule has 2 aromatic heterocycles. The van der Waals surface area contributed by atoms with E-state index in [0.29, 0.717) is 29.6 Å². The average Bonchev–Trinajstić information content (AvgIpc) is 3.65. The van der Waals surface area contributed by atoms with Crippen molar-refractivity contribution in [3.8, 4) is 0 Å². The molecular weight excluding hydrogens is 568 g/mol. The molecule has 0 amide bonds. The van der Waals surface area contributed by atoms with Crippen LogP contribution < -0.4 is 11.5 Å². The van der Waals surface area contributed by atoms with Crippen LogP contribution >= 0.6 is 0 Å². The number of hydrogen-bond donors (Lipinski definition) is 2. The molecule has 2 atom stereocenters. The van der Waals surface area contributed by atoms with Crippen LogP contribution in [0.4, 0.5) is 23.0 Å². The summed E-state index contributed by atoms with van der Waals surface area (Å²) >= 11 is 0. The normalized spacial score (nSPS) is 17.1. The van der Waals surface area contributed by atoms with Gasteiger partial charge in [-0.05, 0) is 22.4 Å². The summed E-state index contributed by atoms with van der Waals surface area (Å²) in [5.74, 6) is 0.939. The van der Waals surface area contributed by atoms with Gasteiger partial charge in [-0.2, -0.15) is 0 Å². The van der Waals surface area contributed by atoms with Crippen LogP contribution in [-0.4, -0.2) is 51.6 Å². The first kappa shape index (κ1) is 26.9. The largest absolute Gasteiger partial charge is 0.337 e. The molecule has 2 aliphatic heterocycles. The molecule has 0 saturated heterocycles. The molecule has 0 saturated carbocycles. The van der Waals surface area contributed by atoms with Crippen LogP contribution in [-0.2, 0) is 13.1 Å². The molecule has 4 N–H and O–H groups in total. The number of hydrogen-bond acceptors (Lipinski definition) is 12. The third kappa shape index (κ3) is 4.41. The SMILES string of the molecule is NC1c2ncn(-n3cnc4c3N=CN(Cc3cccc5ccccc35)C4N)c2N=CN1Cc1ccc([N+](=O)[O-])cc1[N+](=O)[O-]. The second kappa shape index (κ2) is 10.4. The Morgan fingerprint density at radius 2 is 1.32 bits per heavy atom. The van der Waals surface area contributed by atoms with Crippen LogP contribution in [0.25, 0.3) is 10.8 Å². The van der Waals surface area contributed by atoms with Crippen molar-refractivity contribution in [3.05, 3.63) is 116 Å². The van der Waals surface area contributed by atoms with Gasteiger partial charge < -0.3 is 21.3 Å². The van der Waals surface area contributed by atoms with Crippen LogP contribution in [0.15, 0.2) is 83.3 Å². The Morgan fingerprint density at radius 1 is 0.727 bits per heavy atom. The number of nitrogens with two attached hydrogens (primary N) is 2. The summed E-state index contributed by atoms with van der Waals surface area (Å²) in [6, 6.07) is 17.8. The van der Waals surface area contributed by atoms with Gasteiger partial charge in [0.05, 0.1) is 35.1 Å². The standard InChI is InChI=1S/C28H24N12O4/c29-25-23-27(33-13-35(25)11-18-6-3-5-17-4-1-2-7-21(17)18)37(15-31-23)38-16-32-24-26(30)36(14-34-28(24)38)12-19-8-9-20(39(41)42)10-22(19)40(43)44/h1-10,13-16,25-26H,11-12,29-30H2. The second-order valence-corrected chi connectivity index (χ2v) is 10.3.